The first-order valence-corrected chi connectivity index (χ1v) is 9.37. The Morgan fingerprint density at radius 3 is 2.54 bits per heavy atom. The predicted molar refractivity (Wildman–Crippen MR) is 108 cm³/mol. The van der Waals surface area contributed by atoms with Gasteiger partial charge in [0.1, 0.15) is 0 Å². The van der Waals surface area contributed by atoms with Crippen molar-refractivity contribution in [2.75, 3.05) is 11.4 Å². The molecule has 0 spiro atoms. The molecule has 26 heavy (non-hydrogen) atoms. The summed E-state index contributed by atoms with van der Waals surface area (Å²) >= 11 is 7.49. The molecule has 0 aliphatic carbocycles. The summed E-state index contributed by atoms with van der Waals surface area (Å²) in [5.74, 6) is 4.99. The third-order valence-electron chi connectivity index (χ3n) is 3.93. The van der Waals surface area contributed by atoms with Crippen molar-refractivity contribution in [3.05, 3.63) is 64.5 Å². The molecule has 0 aliphatic heterocycles. The Hall–Kier alpha value is -2.41. The summed E-state index contributed by atoms with van der Waals surface area (Å²) in [6, 6.07) is 15.7. The van der Waals surface area contributed by atoms with Crippen LogP contribution in [0.4, 0.5) is 10.8 Å². The molecule has 5 nitrogen and oxygen atoms in total. The molecule has 0 bridgehead atoms. The van der Waals surface area contributed by atoms with E-state index in [-0.39, 0.29) is 12.3 Å². The fourth-order valence-corrected chi connectivity index (χ4v) is 3.49. The number of hydrazine groups is 1. The van der Waals surface area contributed by atoms with Crippen LogP contribution in [-0.2, 0) is 4.79 Å². The number of nitrogens with one attached hydrogen (secondary N) is 1. The maximum absolute atomic E-state index is 11.6. The van der Waals surface area contributed by atoms with Gasteiger partial charge >= 0.3 is 0 Å². The van der Waals surface area contributed by atoms with E-state index in [0.717, 1.165) is 22.1 Å². The van der Waals surface area contributed by atoms with Crippen LogP contribution < -0.4 is 16.2 Å². The SMILES string of the molecule is Cc1ccc(N(CCC(=O)NN)c2nc(-c3ccc(Cl)cc3)cs2)cc1. The maximum Gasteiger partial charge on any atom is 0.235 e. The molecule has 0 aliphatic rings. The summed E-state index contributed by atoms with van der Waals surface area (Å²) in [6.45, 7) is 2.53. The van der Waals surface area contributed by atoms with Gasteiger partial charge in [0.25, 0.3) is 0 Å². The second-order valence-electron chi connectivity index (χ2n) is 5.83. The van der Waals surface area contributed by atoms with Gasteiger partial charge in [-0.05, 0) is 31.2 Å². The van der Waals surface area contributed by atoms with Gasteiger partial charge in [0, 0.05) is 34.6 Å². The zero-order chi connectivity index (χ0) is 18.5. The van der Waals surface area contributed by atoms with E-state index in [1.54, 1.807) is 0 Å². The number of rotatable bonds is 6. The van der Waals surface area contributed by atoms with E-state index in [1.807, 2.05) is 65.7 Å². The predicted octanol–water partition coefficient (Wildman–Crippen LogP) is 4.29. The van der Waals surface area contributed by atoms with E-state index >= 15 is 0 Å². The van der Waals surface area contributed by atoms with Gasteiger partial charge in [0.05, 0.1) is 5.69 Å². The van der Waals surface area contributed by atoms with Crippen molar-refractivity contribution in [2.45, 2.75) is 13.3 Å². The van der Waals surface area contributed by atoms with Crippen molar-refractivity contribution < 1.29 is 4.79 Å². The van der Waals surface area contributed by atoms with Crippen LogP contribution in [0.3, 0.4) is 0 Å². The van der Waals surface area contributed by atoms with Crippen LogP contribution in [0.5, 0.6) is 0 Å². The number of nitrogens with zero attached hydrogens (tertiary/aromatic N) is 2. The molecular formula is C19H19ClN4OS. The van der Waals surface area contributed by atoms with E-state index in [9.17, 15) is 4.79 Å². The summed E-state index contributed by atoms with van der Waals surface area (Å²) in [5, 5.41) is 3.52. The Morgan fingerprint density at radius 1 is 1.19 bits per heavy atom. The van der Waals surface area contributed by atoms with Gasteiger partial charge in [0.2, 0.25) is 5.91 Å². The summed E-state index contributed by atoms with van der Waals surface area (Å²) in [4.78, 5) is 18.4. The molecule has 0 fully saturated rings. The summed E-state index contributed by atoms with van der Waals surface area (Å²) in [7, 11) is 0. The third kappa shape index (κ3) is 4.40. The van der Waals surface area contributed by atoms with Gasteiger partial charge in [0.15, 0.2) is 5.13 Å². The van der Waals surface area contributed by atoms with E-state index in [1.165, 1.54) is 16.9 Å². The lowest BCUT2D eigenvalue weighted by molar-refractivity contribution is -0.120. The Bertz CT molecular complexity index is 877. The van der Waals surface area contributed by atoms with Crippen LogP contribution in [0, 0.1) is 6.92 Å². The Kier molecular flexibility index (Phi) is 5.88. The molecule has 2 aromatic carbocycles. The smallest absolute Gasteiger partial charge is 0.235 e. The first kappa shape index (κ1) is 18.4. The van der Waals surface area contributed by atoms with Crippen LogP contribution >= 0.6 is 22.9 Å². The van der Waals surface area contributed by atoms with Crippen LogP contribution in [0.25, 0.3) is 11.3 Å². The van der Waals surface area contributed by atoms with Crippen LogP contribution in [0.1, 0.15) is 12.0 Å². The Labute approximate surface area is 161 Å². The summed E-state index contributed by atoms with van der Waals surface area (Å²) < 4.78 is 0. The molecular weight excluding hydrogens is 368 g/mol. The lowest BCUT2D eigenvalue weighted by atomic mass is 10.2. The van der Waals surface area contributed by atoms with Gasteiger partial charge in [-0.25, -0.2) is 10.8 Å². The fraction of sp³-hybridized carbons (Fsp3) is 0.158. The number of anilines is 2. The molecule has 0 radical (unpaired) electrons. The van der Waals surface area contributed by atoms with Crippen molar-refractivity contribution in [1.29, 1.82) is 0 Å². The Morgan fingerprint density at radius 2 is 1.88 bits per heavy atom. The molecule has 0 atom stereocenters. The van der Waals surface area contributed by atoms with Gasteiger partial charge < -0.3 is 4.90 Å². The molecule has 3 rings (SSSR count). The number of amides is 1. The average Bonchev–Trinajstić information content (AvgIpc) is 3.13. The number of carbonyl (C=O) groups is 1. The fourth-order valence-electron chi connectivity index (χ4n) is 2.49. The monoisotopic (exact) mass is 386 g/mol. The highest BCUT2D eigenvalue weighted by Crippen LogP contribution is 2.32. The molecule has 0 saturated carbocycles. The molecule has 1 heterocycles. The normalized spacial score (nSPS) is 10.6. The third-order valence-corrected chi connectivity index (χ3v) is 5.05. The number of benzene rings is 2. The number of nitrogens with two attached hydrogens (primary N) is 1. The molecule has 1 amide bonds. The highest BCUT2D eigenvalue weighted by molar-refractivity contribution is 7.14. The van der Waals surface area contributed by atoms with E-state index in [2.05, 4.69) is 5.43 Å². The number of thiazole rings is 1. The maximum atomic E-state index is 11.6. The molecule has 3 N–H and O–H groups in total. The summed E-state index contributed by atoms with van der Waals surface area (Å²) in [6.07, 6.45) is 0.278. The highest BCUT2D eigenvalue weighted by atomic mass is 35.5. The number of hydrogen-bond acceptors (Lipinski definition) is 5. The molecule has 7 heteroatoms. The molecule has 134 valence electrons. The largest absolute Gasteiger partial charge is 0.317 e. The minimum atomic E-state index is -0.211. The number of aromatic nitrogens is 1. The van der Waals surface area contributed by atoms with Crippen molar-refractivity contribution in [3.63, 3.8) is 0 Å². The number of halogens is 1. The average molecular weight is 387 g/mol. The number of hydrogen-bond donors (Lipinski definition) is 2. The van der Waals surface area contributed by atoms with Crippen LogP contribution in [-0.4, -0.2) is 17.4 Å². The first-order valence-electron chi connectivity index (χ1n) is 8.12. The van der Waals surface area contributed by atoms with Gasteiger partial charge in [-0.15, -0.1) is 11.3 Å². The zero-order valence-corrected chi connectivity index (χ0v) is 15.8. The highest BCUT2D eigenvalue weighted by Gasteiger charge is 2.15. The van der Waals surface area contributed by atoms with Crippen molar-refractivity contribution in [3.8, 4) is 11.3 Å². The number of carbonyl (C=O) groups excluding carboxylic acids is 1. The quantitative estimate of drug-likeness (QED) is 0.376. The van der Waals surface area contributed by atoms with Crippen LogP contribution in [0.15, 0.2) is 53.9 Å². The lowest BCUT2D eigenvalue weighted by Crippen LogP contribution is -2.33. The summed E-state index contributed by atoms with van der Waals surface area (Å²) in [5.41, 5.74) is 6.21. The molecule has 1 aromatic heterocycles. The van der Waals surface area contributed by atoms with Gasteiger partial charge in [-0.1, -0.05) is 41.4 Å². The Balaban J connectivity index is 1.89. The topological polar surface area (TPSA) is 71.2 Å². The van der Waals surface area contributed by atoms with Gasteiger partial charge in [-0.3, -0.25) is 10.2 Å². The first-order chi connectivity index (χ1) is 12.6. The van der Waals surface area contributed by atoms with E-state index < -0.39 is 0 Å². The molecule has 0 unspecified atom stereocenters. The minimum Gasteiger partial charge on any atom is -0.317 e. The second-order valence-corrected chi connectivity index (χ2v) is 7.10. The molecule has 3 aromatic rings. The van der Waals surface area contributed by atoms with E-state index in [0.29, 0.717) is 11.6 Å². The zero-order valence-electron chi connectivity index (χ0n) is 14.3. The number of aryl methyl sites for hydroxylation is 1. The van der Waals surface area contributed by atoms with Crippen molar-refractivity contribution in [2.24, 2.45) is 5.84 Å². The lowest BCUT2D eigenvalue weighted by Gasteiger charge is -2.21. The van der Waals surface area contributed by atoms with Crippen molar-refractivity contribution >= 4 is 39.7 Å². The van der Waals surface area contributed by atoms with Crippen LogP contribution in [0.2, 0.25) is 5.02 Å². The van der Waals surface area contributed by atoms with E-state index in [4.69, 9.17) is 22.4 Å². The van der Waals surface area contributed by atoms with Gasteiger partial charge in [-0.2, -0.15) is 0 Å². The standard InChI is InChI=1S/C19H19ClN4OS/c1-13-2-8-16(9-3-13)24(11-10-18(25)23-21)19-22-17(12-26-19)14-4-6-15(20)7-5-14/h2-9,12H,10-11,21H2,1H3,(H,23,25). The van der Waals surface area contributed by atoms with Crippen molar-refractivity contribution in [1.82, 2.24) is 10.4 Å². The minimum absolute atomic E-state index is 0.211. The second kappa shape index (κ2) is 8.31. The molecule has 0 saturated heterocycles.